The van der Waals surface area contributed by atoms with Crippen LogP contribution in [-0.2, 0) is 18.4 Å². The molecular formula is C65H127N2O6P. The highest BCUT2D eigenvalue weighted by molar-refractivity contribution is 7.45. The minimum atomic E-state index is -4.61. The van der Waals surface area contributed by atoms with Gasteiger partial charge in [0.15, 0.2) is 0 Å². The summed E-state index contributed by atoms with van der Waals surface area (Å²) in [5, 5.41) is 13.9. The number of nitrogens with one attached hydrogen (secondary N) is 1. The zero-order chi connectivity index (χ0) is 54.2. The van der Waals surface area contributed by atoms with Crippen LogP contribution < -0.4 is 10.2 Å². The number of hydrogen-bond donors (Lipinski definition) is 2. The number of phosphoric ester groups is 1. The van der Waals surface area contributed by atoms with Gasteiger partial charge >= 0.3 is 0 Å². The smallest absolute Gasteiger partial charge is 0.268 e. The van der Waals surface area contributed by atoms with E-state index in [1.54, 1.807) is 6.08 Å². The Morgan fingerprint density at radius 3 is 1.09 bits per heavy atom. The molecule has 0 aliphatic rings. The topological polar surface area (TPSA) is 108 Å². The van der Waals surface area contributed by atoms with Gasteiger partial charge in [0, 0.05) is 6.42 Å². The van der Waals surface area contributed by atoms with Crippen molar-refractivity contribution in [3.05, 3.63) is 36.5 Å². The van der Waals surface area contributed by atoms with Crippen molar-refractivity contribution < 1.29 is 32.9 Å². The van der Waals surface area contributed by atoms with Crippen molar-refractivity contribution in [1.82, 2.24) is 5.32 Å². The fourth-order valence-electron chi connectivity index (χ4n) is 9.76. The molecule has 3 unspecified atom stereocenters. The second-order valence-electron chi connectivity index (χ2n) is 23.5. The van der Waals surface area contributed by atoms with Gasteiger partial charge in [-0.15, -0.1) is 0 Å². The molecule has 1 amide bonds. The minimum absolute atomic E-state index is 0.00498. The van der Waals surface area contributed by atoms with E-state index in [1.165, 1.54) is 263 Å². The number of phosphoric acid groups is 1. The number of nitrogens with zero attached hydrogens (tertiary/aromatic N) is 1. The van der Waals surface area contributed by atoms with Crippen LogP contribution in [0.25, 0.3) is 0 Å². The number of hydrogen-bond acceptors (Lipinski definition) is 6. The lowest BCUT2D eigenvalue weighted by atomic mass is 10.0. The molecule has 2 N–H and O–H groups in total. The quantitative estimate of drug-likeness (QED) is 0.0272. The molecule has 74 heavy (non-hydrogen) atoms. The molecule has 8 nitrogen and oxygen atoms in total. The van der Waals surface area contributed by atoms with Crippen molar-refractivity contribution in [3.63, 3.8) is 0 Å². The molecule has 0 aromatic rings. The third kappa shape index (κ3) is 58.4. The van der Waals surface area contributed by atoms with Crippen molar-refractivity contribution in [2.75, 3.05) is 40.9 Å². The SMILES string of the molecule is CCCCCCCCCCCCCC/C=C\CCCCCCCCCCCCCCCCCC(=O)NC(COP(=O)([O-])OCC[N+](C)(C)C)C(O)/C=C/CC/C=C/CCCCCCCCCCCCCCCCC. The zero-order valence-corrected chi connectivity index (χ0v) is 51.0. The lowest BCUT2D eigenvalue weighted by molar-refractivity contribution is -0.870. The zero-order valence-electron chi connectivity index (χ0n) is 50.1. The van der Waals surface area contributed by atoms with Crippen molar-refractivity contribution in [2.24, 2.45) is 0 Å². The van der Waals surface area contributed by atoms with Gasteiger partial charge in [-0.05, 0) is 57.8 Å². The first-order valence-corrected chi connectivity index (χ1v) is 33.8. The third-order valence-electron chi connectivity index (χ3n) is 14.8. The maximum absolute atomic E-state index is 13.0. The average molecular weight is 1060 g/mol. The Labute approximate surface area is 461 Å². The number of carbonyl (C=O) groups is 1. The van der Waals surface area contributed by atoms with E-state index in [2.05, 4.69) is 43.5 Å². The van der Waals surface area contributed by atoms with Crippen LogP contribution in [0, 0.1) is 0 Å². The fraction of sp³-hybridized carbons (Fsp3) is 0.892. The van der Waals surface area contributed by atoms with Gasteiger partial charge in [-0.2, -0.15) is 0 Å². The van der Waals surface area contributed by atoms with E-state index in [1.807, 2.05) is 27.2 Å². The number of aliphatic hydroxyl groups excluding tert-OH is 1. The molecule has 0 aliphatic heterocycles. The Balaban J connectivity index is 4.10. The van der Waals surface area contributed by atoms with E-state index in [4.69, 9.17) is 9.05 Å². The maximum atomic E-state index is 13.0. The summed E-state index contributed by atoms with van der Waals surface area (Å²) < 4.78 is 23.4. The molecular weight excluding hydrogens is 936 g/mol. The fourth-order valence-corrected chi connectivity index (χ4v) is 10.5. The molecule has 9 heteroatoms. The molecule has 0 heterocycles. The number of allylic oxidation sites excluding steroid dienone is 5. The number of amides is 1. The Bertz CT molecular complexity index is 1300. The van der Waals surface area contributed by atoms with Crippen LogP contribution in [-0.4, -0.2) is 68.5 Å². The first-order chi connectivity index (χ1) is 36.0. The summed E-state index contributed by atoms with van der Waals surface area (Å²) in [6, 6.07) is -0.903. The first-order valence-electron chi connectivity index (χ1n) is 32.4. The largest absolute Gasteiger partial charge is 0.756 e. The van der Waals surface area contributed by atoms with Crippen LogP contribution in [0.2, 0.25) is 0 Å². The second kappa shape index (κ2) is 56.4. The van der Waals surface area contributed by atoms with Crippen molar-refractivity contribution in [1.29, 1.82) is 0 Å². The Morgan fingerprint density at radius 1 is 0.459 bits per heavy atom. The molecule has 0 saturated heterocycles. The number of quaternary nitrogens is 1. The molecule has 3 atom stereocenters. The average Bonchev–Trinajstić information content (AvgIpc) is 3.36. The Morgan fingerprint density at radius 2 is 0.757 bits per heavy atom. The molecule has 438 valence electrons. The molecule has 0 radical (unpaired) electrons. The molecule has 0 bridgehead atoms. The summed E-state index contributed by atoms with van der Waals surface area (Å²) in [5.41, 5.74) is 0. The van der Waals surface area contributed by atoms with Crippen LogP contribution in [0.4, 0.5) is 0 Å². The van der Waals surface area contributed by atoms with Crippen LogP contribution in [0.5, 0.6) is 0 Å². The predicted octanol–water partition coefficient (Wildman–Crippen LogP) is 19.5. The number of unbranched alkanes of at least 4 members (excludes halogenated alkanes) is 43. The maximum Gasteiger partial charge on any atom is 0.268 e. The minimum Gasteiger partial charge on any atom is -0.756 e. The monoisotopic (exact) mass is 1060 g/mol. The first kappa shape index (κ1) is 72.7. The van der Waals surface area contributed by atoms with Gasteiger partial charge in [-0.1, -0.05) is 294 Å². The number of aliphatic hydroxyl groups is 1. The number of carbonyl (C=O) groups excluding carboxylic acids is 1. The van der Waals surface area contributed by atoms with Crippen molar-refractivity contribution >= 4 is 13.7 Å². The Hall–Kier alpha value is -1.28. The van der Waals surface area contributed by atoms with Gasteiger partial charge in [-0.25, -0.2) is 0 Å². The normalized spacial score (nSPS) is 14.0. The summed E-state index contributed by atoms with van der Waals surface area (Å²) >= 11 is 0. The highest BCUT2D eigenvalue weighted by Crippen LogP contribution is 2.38. The summed E-state index contributed by atoms with van der Waals surface area (Å²) in [4.78, 5) is 25.6. The van der Waals surface area contributed by atoms with E-state index < -0.39 is 20.0 Å². The van der Waals surface area contributed by atoms with E-state index >= 15 is 0 Å². The predicted molar refractivity (Wildman–Crippen MR) is 321 cm³/mol. The molecule has 0 aliphatic carbocycles. The standard InChI is InChI=1S/C65H127N2O6P/c1-6-8-10-12-14-16-18-20-22-24-26-28-29-30-31-32-33-34-35-36-37-39-41-43-45-47-49-51-53-55-57-59-65(69)66-63(62-73-74(70,71)72-61-60-67(3,4)5)64(68)58-56-54-52-50-48-46-44-42-40-38-27-25-23-21-19-17-15-13-11-9-7-2/h30-31,48,50,56,58,63-64,68H,6-29,32-47,49,51-55,57,59-62H2,1-5H3,(H-,66,69,70,71)/b31-30-,50-48+,58-56+. The van der Waals surface area contributed by atoms with Gasteiger partial charge in [0.2, 0.25) is 5.91 Å². The van der Waals surface area contributed by atoms with Gasteiger partial charge in [0.25, 0.3) is 7.82 Å². The van der Waals surface area contributed by atoms with Crippen LogP contribution in [0.15, 0.2) is 36.5 Å². The molecule has 0 saturated carbocycles. The molecule has 0 spiro atoms. The van der Waals surface area contributed by atoms with Gasteiger partial charge in [0.05, 0.1) is 39.9 Å². The van der Waals surface area contributed by atoms with Crippen LogP contribution in [0.1, 0.15) is 322 Å². The molecule has 0 rings (SSSR count). The lowest BCUT2D eigenvalue weighted by Gasteiger charge is -2.29. The van der Waals surface area contributed by atoms with Crippen molar-refractivity contribution in [2.45, 2.75) is 334 Å². The van der Waals surface area contributed by atoms with Gasteiger partial charge in [-0.3, -0.25) is 9.36 Å². The van der Waals surface area contributed by atoms with E-state index in [9.17, 15) is 19.4 Å². The van der Waals surface area contributed by atoms with E-state index in [0.29, 0.717) is 17.4 Å². The van der Waals surface area contributed by atoms with Gasteiger partial charge in [0.1, 0.15) is 13.2 Å². The molecule has 0 fully saturated rings. The number of rotatable bonds is 60. The summed E-state index contributed by atoms with van der Waals surface area (Å²) in [6.45, 7) is 4.68. The van der Waals surface area contributed by atoms with Crippen molar-refractivity contribution in [3.8, 4) is 0 Å². The molecule has 0 aromatic heterocycles. The van der Waals surface area contributed by atoms with E-state index in [0.717, 1.165) is 38.5 Å². The Kier molecular flexibility index (Phi) is 55.5. The highest BCUT2D eigenvalue weighted by atomic mass is 31.2. The number of likely N-dealkylation sites (N-methyl/N-ethyl adjacent to an activating group) is 1. The van der Waals surface area contributed by atoms with Crippen LogP contribution >= 0.6 is 7.82 Å². The lowest BCUT2D eigenvalue weighted by Crippen LogP contribution is -2.45. The van der Waals surface area contributed by atoms with Gasteiger partial charge < -0.3 is 28.8 Å². The molecule has 0 aromatic carbocycles. The summed E-state index contributed by atoms with van der Waals surface area (Å²) in [7, 11) is 1.26. The van der Waals surface area contributed by atoms with E-state index in [-0.39, 0.29) is 19.1 Å². The summed E-state index contributed by atoms with van der Waals surface area (Å²) in [5.74, 6) is -0.202. The summed E-state index contributed by atoms with van der Waals surface area (Å²) in [6.07, 6.45) is 74.0. The highest BCUT2D eigenvalue weighted by Gasteiger charge is 2.23. The second-order valence-corrected chi connectivity index (χ2v) is 24.9. The van der Waals surface area contributed by atoms with Crippen LogP contribution in [0.3, 0.4) is 0 Å². The third-order valence-corrected chi connectivity index (χ3v) is 15.8.